The number of anilines is 2. The van der Waals surface area contributed by atoms with E-state index in [2.05, 4.69) is 117 Å². The quantitative estimate of drug-likeness (QED) is 0.300. The van der Waals surface area contributed by atoms with E-state index < -0.39 is 0 Å². The Bertz CT molecular complexity index is 723. The standard InChI is InChI=1S/C27H38N2.Au.ClH/c1-18(2)22-11-9-12-23(19(3)4)26(22)28-15-16-29(17-28)27-24(20(5)6)13-10-14-25(27)21(7)8;;/h9-14,18-21H,15-16H2,1-8H3;;1H/q;+1;/p-1. The SMILES string of the molecule is CC(C)c1cccc(C(C)C)c1N1[C]N(c2c(C(C)C)cccc2C(C)C)CC1.[Cl][Au]. The molecule has 2 nitrogen and oxygen atoms in total. The second kappa shape index (κ2) is 11.8. The summed E-state index contributed by atoms with van der Waals surface area (Å²) < 4.78 is 0. The molecule has 0 unspecified atom stereocenters. The fraction of sp³-hybridized carbons (Fsp3) is 0.519. The number of para-hydroxylation sites is 2. The van der Waals surface area contributed by atoms with Crippen molar-refractivity contribution in [2.24, 2.45) is 0 Å². The minimum absolute atomic E-state index is 0.494. The van der Waals surface area contributed by atoms with Crippen molar-refractivity contribution in [3.05, 3.63) is 65.3 Å². The van der Waals surface area contributed by atoms with Crippen molar-refractivity contribution in [1.82, 2.24) is 0 Å². The van der Waals surface area contributed by atoms with Gasteiger partial charge in [0.2, 0.25) is 6.67 Å². The van der Waals surface area contributed by atoms with Crippen molar-refractivity contribution in [2.75, 3.05) is 22.9 Å². The van der Waals surface area contributed by atoms with E-state index >= 15 is 0 Å². The van der Waals surface area contributed by atoms with Crippen molar-refractivity contribution in [3.63, 3.8) is 0 Å². The van der Waals surface area contributed by atoms with Gasteiger partial charge in [-0.2, -0.15) is 0 Å². The molecule has 2 radical (unpaired) electrons. The summed E-state index contributed by atoms with van der Waals surface area (Å²) in [5.41, 5.74) is 8.43. The zero-order valence-electron chi connectivity index (χ0n) is 20.3. The Balaban J connectivity index is 0.00000166. The van der Waals surface area contributed by atoms with Crippen LogP contribution in [0.3, 0.4) is 0 Å². The molecule has 1 heterocycles. The number of benzene rings is 2. The molecule has 3 rings (SSSR count). The van der Waals surface area contributed by atoms with Gasteiger partial charge in [-0.15, -0.1) is 0 Å². The van der Waals surface area contributed by atoms with Gasteiger partial charge in [-0.25, -0.2) is 0 Å². The first-order valence-electron chi connectivity index (χ1n) is 11.4. The molecule has 0 spiro atoms. The summed E-state index contributed by atoms with van der Waals surface area (Å²) in [4.78, 5) is 4.76. The third-order valence-corrected chi connectivity index (χ3v) is 6.01. The van der Waals surface area contributed by atoms with E-state index in [-0.39, 0.29) is 0 Å². The normalized spacial score (nSPS) is 14.2. The van der Waals surface area contributed by atoms with E-state index in [1.165, 1.54) is 33.6 Å². The zero-order chi connectivity index (χ0) is 23.3. The van der Waals surface area contributed by atoms with Crippen molar-refractivity contribution < 1.29 is 20.0 Å². The van der Waals surface area contributed by atoms with Crippen LogP contribution in [0.1, 0.15) is 101 Å². The van der Waals surface area contributed by atoms with Gasteiger partial charge in [0.1, 0.15) is 0 Å². The summed E-state index contributed by atoms with van der Waals surface area (Å²) in [6.07, 6.45) is 0. The van der Waals surface area contributed by atoms with E-state index in [0.717, 1.165) is 13.1 Å². The van der Waals surface area contributed by atoms with Gasteiger partial charge in [0, 0.05) is 24.5 Å². The number of rotatable bonds is 6. The summed E-state index contributed by atoms with van der Waals surface area (Å²) in [6.45, 7) is 24.1. The van der Waals surface area contributed by atoms with Gasteiger partial charge in [0.15, 0.2) is 0 Å². The van der Waals surface area contributed by atoms with Gasteiger partial charge in [-0.3, -0.25) is 0 Å². The molecular weight excluding hydrogens is 585 g/mol. The Kier molecular flexibility index (Phi) is 10.0. The molecule has 0 N–H and O–H groups in total. The maximum atomic E-state index is 4.58. The molecular formula is C27H38AuClN2. The van der Waals surface area contributed by atoms with Crippen LogP contribution in [0.15, 0.2) is 36.4 Å². The molecule has 0 amide bonds. The second-order valence-electron chi connectivity index (χ2n) is 9.59. The van der Waals surface area contributed by atoms with Gasteiger partial charge in [0.05, 0.1) is 0 Å². The van der Waals surface area contributed by atoms with Crippen molar-refractivity contribution in [1.29, 1.82) is 0 Å². The molecule has 1 aliphatic rings. The first kappa shape index (κ1) is 26.3. The first-order chi connectivity index (χ1) is 14.7. The second-order valence-corrected chi connectivity index (χ2v) is 9.59. The van der Waals surface area contributed by atoms with Gasteiger partial charge in [0.25, 0.3) is 0 Å². The van der Waals surface area contributed by atoms with Crippen LogP contribution in [0, 0.1) is 6.67 Å². The molecule has 0 aromatic heterocycles. The van der Waals surface area contributed by atoms with Crippen LogP contribution < -0.4 is 9.80 Å². The van der Waals surface area contributed by atoms with E-state index in [4.69, 9.17) is 0 Å². The summed E-state index contributed by atoms with van der Waals surface area (Å²) in [5.74, 6) is 1.98. The molecule has 0 bridgehead atoms. The van der Waals surface area contributed by atoms with Crippen LogP contribution in [0.4, 0.5) is 11.4 Å². The predicted molar refractivity (Wildman–Crippen MR) is 133 cm³/mol. The molecule has 2 aromatic carbocycles. The van der Waals surface area contributed by atoms with Crippen LogP contribution in [-0.2, 0) is 20.0 Å². The summed E-state index contributed by atoms with van der Waals surface area (Å²) >= 11 is 1.75. The van der Waals surface area contributed by atoms with Crippen molar-refractivity contribution in [3.8, 4) is 0 Å². The Morgan fingerprint density at radius 3 is 1.10 bits per heavy atom. The molecule has 2 aromatic rings. The zero-order valence-corrected chi connectivity index (χ0v) is 23.2. The van der Waals surface area contributed by atoms with E-state index in [9.17, 15) is 0 Å². The maximum absolute atomic E-state index is 4.58. The molecule has 4 heteroatoms. The topological polar surface area (TPSA) is 6.48 Å². The Morgan fingerprint density at radius 2 is 0.871 bits per heavy atom. The predicted octanol–water partition coefficient (Wildman–Crippen LogP) is 8.19. The summed E-state index contributed by atoms with van der Waals surface area (Å²) in [6, 6.07) is 13.6. The Labute approximate surface area is 207 Å². The van der Waals surface area contributed by atoms with Gasteiger partial charge in [-0.05, 0) is 45.9 Å². The van der Waals surface area contributed by atoms with Crippen molar-refractivity contribution >= 4 is 20.6 Å². The molecule has 31 heavy (non-hydrogen) atoms. The molecule has 1 saturated heterocycles. The number of nitrogens with zero attached hydrogens (tertiary/aromatic N) is 2. The third kappa shape index (κ3) is 5.90. The van der Waals surface area contributed by atoms with Crippen LogP contribution in [-0.4, -0.2) is 13.1 Å². The van der Waals surface area contributed by atoms with E-state index in [1.807, 2.05) is 0 Å². The van der Waals surface area contributed by atoms with Crippen molar-refractivity contribution in [2.45, 2.75) is 79.1 Å². The third-order valence-electron chi connectivity index (χ3n) is 6.01. The van der Waals surface area contributed by atoms with Gasteiger partial charge >= 0.3 is 29.2 Å². The molecule has 0 saturated carbocycles. The molecule has 0 atom stereocenters. The van der Waals surface area contributed by atoms with E-state index in [1.54, 1.807) is 20.0 Å². The number of hydrogen-bond acceptors (Lipinski definition) is 2. The Morgan fingerprint density at radius 1 is 0.613 bits per heavy atom. The fourth-order valence-electron chi connectivity index (χ4n) is 4.42. The summed E-state index contributed by atoms with van der Waals surface area (Å²) in [7, 11) is 4.58. The molecule has 1 aliphatic heterocycles. The van der Waals surface area contributed by atoms with Crippen LogP contribution in [0.5, 0.6) is 0 Å². The van der Waals surface area contributed by atoms with Crippen LogP contribution in [0.25, 0.3) is 0 Å². The monoisotopic (exact) mass is 622 g/mol. The van der Waals surface area contributed by atoms with Gasteiger partial charge in [-0.1, -0.05) is 91.8 Å². The summed E-state index contributed by atoms with van der Waals surface area (Å²) in [5, 5.41) is 0. The minimum atomic E-state index is 0.494. The molecule has 1 fully saturated rings. The van der Waals surface area contributed by atoms with Gasteiger partial charge < -0.3 is 9.80 Å². The number of hydrogen-bond donors (Lipinski definition) is 0. The molecule has 0 aliphatic carbocycles. The average molecular weight is 623 g/mol. The number of halogens is 1. The average Bonchev–Trinajstić information content (AvgIpc) is 3.23. The van der Waals surface area contributed by atoms with Crippen LogP contribution >= 0.6 is 9.19 Å². The first-order valence-corrected chi connectivity index (χ1v) is 14.1. The fourth-order valence-corrected chi connectivity index (χ4v) is 4.42. The Hall–Kier alpha value is -0.930. The molecule has 174 valence electrons. The van der Waals surface area contributed by atoms with E-state index in [0.29, 0.717) is 23.7 Å². The van der Waals surface area contributed by atoms with Crippen LogP contribution in [0.2, 0.25) is 0 Å².